The molecule has 2 aromatic carbocycles. The summed E-state index contributed by atoms with van der Waals surface area (Å²) in [5.41, 5.74) is 4.53. The Bertz CT molecular complexity index is 977. The van der Waals surface area contributed by atoms with Gasteiger partial charge < -0.3 is 14.6 Å². The van der Waals surface area contributed by atoms with E-state index in [0.717, 1.165) is 42.0 Å². The summed E-state index contributed by atoms with van der Waals surface area (Å²) in [5, 5.41) is 3.03. The molecule has 0 aliphatic carbocycles. The second-order valence-electron chi connectivity index (χ2n) is 7.51. The van der Waals surface area contributed by atoms with Gasteiger partial charge in [-0.1, -0.05) is 31.2 Å². The van der Waals surface area contributed by atoms with Crippen LogP contribution < -0.4 is 10.1 Å². The van der Waals surface area contributed by atoms with Crippen molar-refractivity contribution in [2.24, 2.45) is 0 Å². The van der Waals surface area contributed by atoms with Crippen molar-refractivity contribution < 1.29 is 9.53 Å². The summed E-state index contributed by atoms with van der Waals surface area (Å²) in [6, 6.07) is 14.2. The highest BCUT2D eigenvalue weighted by molar-refractivity contribution is 5.77. The summed E-state index contributed by atoms with van der Waals surface area (Å²) in [6.45, 7) is 9.59. The van der Waals surface area contributed by atoms with Crippen LogP contribution >= 0.6 is 0 Å². The number of fused-ring (bicyclic) bond motifs is 1. The van der Waals surface area contributed by atoms with E-state index < -0.39 is 0 Å². The zero-order valence-corrected chi connectivity index (χ0v) is 17.9. The summed E-state index contributed by atoms with van der Waals surface area (Å²) in [4.78, 5) is 16.6. The quantitative estimate of drug-likeness (QED) is 0.515. The van der Waals surface area contributed by atoms with Crippen molar-refractivity contribution in [3.63, 3.8) is 0 Å². The zero-order valence-electron chi connectivity index (χ0n) is 17.9. The van der Waals surface area contributed by atoms with E-state index in [1.54, 1.807) is 0 Å². The highest BCUT2D eigenvalue weighted by Crippen LogP contribution is 2.23. The van der Waals surface area contributed by atoms with Crippen LogP contribution in [-0.4, -0.2) is 22.1 Å². The van der Waals surface area contributed by atoms with Gasteiger partial charge in [-0.05, 0) is 62.9 Å². The minimum Gasteiger partial charge on any atom is -0.493 e. The van der Waals surface area contributed by atoms with Gasteiger partial charge in [0.15, 0.2) is 0 Å². The van der Waals surface area contributed by atoms with E-state index in [9.17, 15) is 4.79 Å². The number of carbonyl (C=O) groups excluding carboxylic acids is 1. The fourth-order valence-electron chi connectivity index (χ4n) is 3.50. The van der Waals surface area contributed by atoms with E-state index in [-0.39, 0.29) is 11.9 Å². The largest absolute Gasteiger partial charge is 0.493 e. The Kier molecular flexibility index (Phi) is 6.91. The molecule has 5 nitrogen and oxygen atoms in total. The molecule has 29 heavy (non-hydrogen) atoms. The van der Waals surface area contributed by atoms with Crippen LogP contribution in [0.1, 0.15) is 56.1 Å². The first-order chi connectivity index (χ1) is 14.0. The first kappa shape index (κ1) is 20.9. The molecule has 0 aliphatic heterocycles. The third-order valence-electron chi connectivity index (χ3n) is 5.36. The molecule has 1 unspecified atom stereocenters. The third-order valence-corrected chi connectivity index (χ3v) is 5.36. The molecule has 154 valence electrons. The molecule has 5 heteroatoms. The van der Waals surface area contributed by atoms with Crippen LogP contribution in [0.15, 0.2) is 42.5 Å². The van der Waals surface area contributed by atoms with Gasteiger partial charge in [-0.25, -0.2) is 4.98 Å². The second-order valence-corrected chi connectivity index (χ2v) is 7.51. The molecule has 0 spiro atoms. The van der Waals surface area contributed by atoms with Gasteiger partial charge in [-0.15, -0.1) is 0 Å². The molecule has 0 saturated heterocycles. The van der Waals surface area contributed by atoms with Gasteiger partial charge in [0, 0.05) is 13.0 Å². The number of hydrogen-bond acceptors (Lipinski definition) is 3. The average Bonchev–Trinajstić information content (AvgIpc) is 3.09. The minimum atomic E-state index is -0.124. The highest BCUT2D eigenvalue weighted by Gasteiger charge is 2.17. The molecule has 3 rings (SSSR count). The standard InChI is InChI=1S/C24H31N3O2/c1-5-23(28)25-19(4)24-26-20-12-6-7-13-21(20)27(24)15-8-9-16-29-22-14-10-11-17(2)18(22)3/h6-7,10-14,19H,5,8-9,15-16H2,1-4H3,(H,25,28). The summed E-state index contributed by atoms with van der Waals surface area (Å²) >= 11 is 0. The van der Waals surface area contributed by atoms with E-state index in [0.29, 0.717) is 13.0 Å². The molecule has 0 fully saturated rings. The number of nitrogens with zero attached hydrogens (tertiary/aromatic N) is 2. The second kappa shape index (κ2) is 9.59. The van der Waals surface area contributed by atoms with Crippen LogP contribution in [0.25, 0.3) is 11.0 Å². The molecule has 0 bridgehead atoms. The van der Waals surface area contributed by atoms with Gasteiger partial charge in [0.25, 0.3) is 0 Å². The molecule has 1 aromatic heterocycles. The summed E-state index contributed by atoms with van der Waals surface area (Å²) in [7, 11) is 0. The third kappa shape index (κ3) is 4.97. The molecule has 0 radical (unpaired) electrons. The first-order valence-corrected chi connectivity index (χ1v) is 10.4. The van der Waals surface area contributed by atoms with Gasteiger partial charge in [-0.2, -0.15) is 0 Å². The Hall–Kier alpha value is -2.82. The number of imidazole rings is 1. The Labute approximate surface area is 173 Å². The number of aryl methyl sites for hydroxylation is 2. The van der Waals surface area contributed by atoms with Crippen molar-refractivity contribution in [2.45, 2.75) is 59.5 Å². The van der Waals surface area contributed by atoms with E-state index in [4.69, 9.17) is 9.72 Å². The smallest absolute Gasteiger partial charge is 0.220 e. The first-order valence-electron chi connectivity index (χ1n) is 10.4. The van der Waals surface area contributed by atoms with Gasteiger partial charge in [0.05, 0.1) is 23.7 Å². The Balaban J connectivity index is 1.65. The Morgan fingerprint density at radius 3 is 2.72 bits per heavy atom. The number of ether oxygens (including phenoxy) is 1. The predicted molar refractivity (Wildman–Crippen MR) is 117 cm³/mol. The lowest BCUT2D eigenvalue weighted by Crippen LogP contribution is -2.28. The van der Waals surface area contributed by atoms with Crippen molar-refractivity contribution in [1.82, 2.24) is 14.9 Å². The maximum Gasteiger partial charge on any atom is 0.220 e. The van der Waals surface area contributed by atoms with Crippen LogP contribution in [0.3, 0.4) is 0 Å². The number of rotatable bonds is 9. The van der Waals surface area contributed by atoms with Crippen molar-refractivity contribution >= 4 is 16.9 Å². The lowest BCUT2D eigenvalue weighted by atomic mass is 10.1. The number of aromatic nitrogens is 2. The van der Waals surface area contributed by atoms with E-state index in [2.05, 4.69) is 35.9 Å². The molecule has 1 N–H and O–H groups in total. The maximum atomic E-state index is 11.8. The number of benzene rings is 2. The van der Waals surface area contributed by atoms with Crippen molar-refractivity contribution in [3.8, 4) is 5.75 Å². The molecule has 3 aromatic rings. The van der Waals surface area contributed by atoms with Crippen molar-refractivity contribution in [2.75, 3.05) is 6.61 Å². The van der Waals surface area contributed by atoms with Gasteiger partial charge >= 0.3 is 0 Å². The summed E-state index contributed by atoms with van der Waals surface area (Å²) in [6.07, 6.45) is 2.40. The van der Waals surface area contributed by atoms with Crippen molar-refractivity contribution in [3.05, 3.63) is 59.4 Å². The number of unbranched alkanes of at least 4 members (excludes halogenated alkanes) is 1. The highest BCUT2D eigenvalue weighted by atomic mass is 16.5. The van der Waals surface area contributed by atoms with Crippen LogP contribution in [0.4, 0.5) is 0 Å². The molecule has 0 saturated carbocycles. The van der Waals surface area contributed by atoms with Gasteiger partial charge in [-0.3, -0.25) is 4.79 Å². The zero-order chi connectivity index (χ0) is 20.8. The van der Waals surface area contributed by atoms with Crippen LogP contribution in [0.5, 0.6) is 5.75 Å². The molecule has 1 amide bonds. The molecule has 1 heterocycles. The Morgan fingerprint density at radius 1 is 1.14 bits per heavy atom. The molecule has 1 atom stereocenters. The molecular weight excluding hydrogens is 362 g/mol. The number of para-hydroxylation sites is 2. The number of amides is 1. The number of hydrogen-bond donors (Lipinski definition) is 1. The van der Waals surface area contributed by atoms with Gasteiger partial charge in [0.2, 0.25) is 5.91 Å². The van der Waals surface area contributed by atoms with Crippen LogP contribution in [-0.2, 0) is 11.3 Å². The fourth-order valence-corrected chi connectivity index (χ4v) is 3.50. The molecule has 0 aliphatic rings. The van der Waals surface area contributed by atoms with E-state index in [1.165, 1.54) is 11.1 Å². The Morgan fingerprint density at radius 2 is 1.93 bits per heavy atom. The van der Waals surface area contributed by atoms with Crippen molar-refractivity contribution in [1.29, 1.82) is 0 Å². The number of carbonyl (C=O) groups is 1. The summed E-state index contributed by atoms with van der Waals surface area (Å²) < 4.78 is 8.22. The van der Waals surface area contributed by atoms with Crippen LogP contribution in [0, 0.1) is 13.8 Å². The average molecular weight is 394 g/mol. The SMILES string of the molecule is CCC(=O)NC(C)c1nc2ccccc2n1CCCCOc1cccc(C)c1C. The number of nitrogens with one attached hydrogen (secondary N) is 1. The van der Waals surface area contributed by atoms with Gasteiger partial charge in [0.1, 0.15) is 11.6 Å². The van der Waals surface area contributed by atoms with Crippen LogP contribution in [0.2, 0.25) is 0 Å². The minimum absolute atomic E-state index is 0.0398. The topological polar surface area (TPSA) is 56.2 Å². The lowest BCUT2D eigenvalue weighted by Gasteiger charge is -2.16. The predicted octanol–water partition coefficient (Wildman–Crippen LogP) is 5.10. The fraction of sp³-hybridized carbons (Fsp3) is 0.417. The maximum absolute atomic E-state index is 11.8. The normalized spacial score (nSPS) is 12.1. The van der Waals surface area contributed by atoms with E-state index >= 15 is 0 Å². The molecular formula is C24H31N3O2. The lowest BCUT2D eigenvalue weighted by molar-refractivity contribution is -0.121. The summed E-state index contributed by atoms with van der Waals surface area (Å²) in [5.74, 6) is 1.91. The van der Waals surface area contributed by atoms with E-state index in [1.807, 2.05) is 44.2 Å². The monoisotopic (exact) mass is 393 g/mol.